The zero-order chi connectivity index (χ0) is 12.6. The molecule has 1 rings (SSSR count). The lowest BCUT2D eigenvalue weighted by atomic mass is 9.86. The Morgan fingerprint density at radius 3 is 2.25 bits per heavy atom. The van der Waals surface area contributed by atoms with Crippen LogP contribution in [0.2, 0.25) is 0 Å². The number of phenolic OH excluding ortho intramolecular Hbond substituents is 1. The summed E-state index contributed by atoms with van der Waals surface area (Å²) in [5.74, 6) is 0.204. The van der Waals surface area contributed by atoms with Crippen LogP contribution >= 0.6 is 0 Å². The third-order valence-corrected chi connectivity index (χ3v) is 2.50. The smallest absolute Gasteiger partial charge is 0.124 e. The molecule has 0 aliphatic heterocycles. The fourth-order valence-corrected chi connectivity index (χ4v) is 1.59. The lowest BCUT2D eigenvalue weighted by Crippen LogP contribution is -2.31. The minimum absolute atomic E-state index is 0.0302. The van der Waals surface area contributed by atoms with Crippen LogP contribution in [0.4, 0.5) is 0 Å². The van der Waals surface area contributed by atoms with Gasteiger partial charge in [-0.15, -0.1) is 0 Å². The summed E-state index contributed by atoms with van der Waals surface area (Å²) >= 11 is 0. The Morgan fingerprint density at radius 2 is 1.81 bits per heavy atom. The summed E-state index contributed by atoms with van der Waals surface area (Å²) in [5, 5.41) is 21.3. The Labute approximate surface area is 97.5 Å². The summed E-state index contributed by atoms with van der Waals surface area (Å²) < 4.78 is -0.429. The van der Waals surface area contributed by atoms with Gasteiger partial charge in [0.15, 0.2) is 0 Å². The second-order valence-electron chi connectivity index (χ2n) is 5.83. The van der Waals surface area contributed by atoms with E-state index < -0.39 is 4.65 Å². The number of hydroxylamine groups is 3. The van der Waals surface area contributed by atoms with Gasteiger partial charge in [-0.2, -0.15) is 0 Å². The van der Waals surface area contributed by atoms with Crippen LogP contribution in [-0.2, 0) is 12.0 Å². The molecule has 0 bridgehead atoms. The summed E-state index contributed by atoms with van der Waals surface area (Å²) in [7, 11) is 3.15. The van der Waals surface area contributed by atoms with Crippen molar-refractivity contribution in [1.29, 1.82) is 0 Å². The largest absolute Gasteiger partial charge is 0.633 e. The van der Waals surface area contributed by atoms with Crippen LogP contribution in [0.15, 0.2) is 18.2 Å². The van der Waals surface area contributed by atoms with E-state index in [1.54, 1.807) is 20.2 Å². The van der Waals surface area contributed by atoms with Crippen molar-refractivity contribution >= 4 is 0 Å². The molecule has 1 aromatic carbocycles. The Bertz CT molecular complexity index is 372. The molecule has 0 amide bonds. The fourth-order valence-electron chi connectivity index (χ4n) is 1.59. The van der Waals surface area contributed by atoms with Crippen LogP contribution < -0.4 is 0 Å². The number of aromatic hydroxyl groups is 1. The standard InChI is InChI=1S/C13H21NO2/c1-13(2,3)11-6-7-12(15)10(8-11)9-14(4,5)16/h6-8,15H,9H2,1-5H3. The number of hydrogen-bond acceptors (Lipinski definition) is 2. The molecule has 16 heavy (non-hydrogen) atoms. The topological polar surface area (TPSA) is 43.3 Å². The maximum atomic E-state index is 11.6. The van der Waals surface area contributed by atoms with Crippen LogP contribution in [0.3, 0.4) is 0 Å². The summed E-state index contributed by atoms with van der Waals surface area (Å²) in [5.41, 5.74) is 1.88. The van der Waals surface area contributed by atoms with Gasteiger partial charge in [0, 0.05) is 5.56 Å². The van der Waals surface area contributed by atoms with Crippen molar-refractivity contribution in [2.45, 2.75) is 32.7 Å². The first-order valence-corrected chi connectivity index (χ1v) is 5.46. The monoisotopic (exact) mass is 223 g/mol. The Hall–Kier alpha value is -1.06. The van der Waals surface area contributed by atoms with E-state index in [9.17, 15) is 10.3 Å². The number of phenols is 1. The van der Waals surface area contributed by atoms with Crippen molar-refractivity contribution < 1.29 is 9.75 Å². The molecular formula is C13H21NO2. The molecular weight excluding hydrogens is 202 g/mol. The van der Waals surface area contributed by atoms with Gasteiger partial charge in [-0.25, -0.2) is 0 Å². The predicted molar refractivity (Wildman–Crippen MR) is 66.0 cm³/mol. The van der Waals surface area contributed by atoms with Crippen LogP contribution in [0.25, 0.3) is 0 Å². The molecule has 0 atom stereocenters. The van der Waals surface area contributed by atoms with Gasteiger partial charge < -0.3 is 15.0 Å². The van der Waals surface area contributed by atoms with Crippen molar-refractivity contribution in [3.63, 3.8) is 0 Å². The first-order valence-electron chi connectivity index (χ1n) is 5.46. The Morgan fingerprint density at radius 1 is 1.25 bits per heavy atom. The lowest BCUT2D eigenvalue weighted by Gasteiger charge is -2.34. The molecule has 0 fully saturated rings. The van der Waals surface area contributed by atoms with E-state index >= 15 is 0 Å². The zero-order valence-corrected chi connectivity index (χ0v) is 10.7. The fraction of sp³-hybridized carbons (Fsp3) is 0.538. The summed E-state index contributed by atoms with van der Waals surface area (Å²) in [6.45, 7) is 6.62. The average Bonchev–Trinajstić information content (AvgIpc) is 2.04. The van der Waals surface area contributed by atoms with Gasteiger partial charge >= 0.3 is 0 Å². The van der Waals surface area contributed by atoms with Crippen molar-refractivity contribution in [3.05, 3.63) is 34.5 Å². The highest BCUT2D eigenvalue weighted by Crippen LogP contribution is 2.28. The van der Waals surface area contributed by atoms with Crippen molar-refractivity contribution in [3.8, 4) is 5.75 Å². The van der Waals surface area contributed by atoms with E-state index in [0.717, 1.165) is 5.56 Å². The number of hydrogen-bond donors (Lipinski definition) is 1. The quantitative estimate of drug-likeness (QED) is 0.619. The van der Waals surface area contributed by atoms with Crippen molar-refractivity contribution in [1.82, 2.24) is 0 Å². The second-order valence-corrected chi connectivity index (χ2v) is 5.83. The number of benzene rings is 1. The molecule has 0 saturated carbocycles. The van der Waals surface area contributed by atoms with E-state index in [-0.39, 0.29) is 17.7 Å². The summed E-state index contributed by atoms with van der Waals surface area (Å²) in [6, 6.07) is 5.50. The van der Waals surface area contributed by atoms with Gasteiger partial charge in [0.05, 0.1) is 14.1 Å². The molecule has 0 heterocycles. The third-order valence-electron chi connectivity index (χ3n) is 2.50. The highest BCUT2D eigenvalue weighted by Gasteiger charge is 2.17. The average molecular weight is 223 g/mol. The van der Waals surface area contributed by atoms with Crippen molar-refractivity contribution in [2.75, 3.05) is 14.1 Å². The van der Waals surface area contributed by atoms with Crippen LogP contribution in [0, 0.1) is 5.21 Å². The van der Waals surface area contributed by atoms with Crippen LogP contribution in [0.1, 0.15) is 31.9 Å². The normalized spacial score (nSPS) is 12.9. The number of rotatable bonds is 2. The van der Waals surface area contributed by atoms with Gasteiger partial charge in [-0.1, -0.05) is 26.8 Å². The number of nitrogens with zero attached hydrogens (tertiary/aromatic N) is 1. The molecule has 0 aromatic heterocycles. The first kappa shape index (κ1) is 13.0. The maximum absolute atomic E-state index is 11.6. The van der Waals surface area contributed by atoms with Crippen LogP contribution in [-0.4, -0.2) is 23.8 Å². The van der Waals surface area contributed by atoms with E-state index in [2.05, 4.69) is 20.8 Å². The molecule has 0 spiro atoms. The zero-order valence-electron chi connectivity index (χ0n) is 10.7. The highest BCUT2D eigenvalue weighted by molar-refractivity contribution is 5.38. The maximum Gasteiger partial charge on any atom is 0.124 e. The summed E-state index contributed by atoms with van der Waals surface area (Å²) in [4.78, 5) is 0. The molecule has 3 nitrogen and oxygen atoms in total. The van der Waals surface area contributed by atoms with E-state index in [0.29, 0.717) is 5.56 Å². The second kappa shape index (κ2) is 4.07. The number of quaternary nitrogens is 1. The third kappa shape index (κ3) is 3.51. The molecule has 0 saturated heterocycles. The van der Waals surface area contributed by atoms with Gasteiger partial charge in [-0.05, 0) is 23.1 Å². The van der Waals surface area contributed by atoms with Gasteiger partial charge in [-0.3, -0.25) is 0 Å². The molecule has 1 N–H and O–H groups in total. The Balaban J connectivity index is 3.10. The molecule has 0 unspecified atom stereocenters. The molecule has 1 aromatic rings. The van der Waals surface area contributed by atoms with Gasteiger partial charge in [0.1, 0.15) is 12.3 Å². The van der Waals surface area contributed by atoms with E-state index in [4.69, 9.17) is 0 Å². The summed E-state index contributed by atoms with van der Waals surface area (Å²) in [6.07, 6.45) is 0. The first-order chi connectivity index (χ1) is 7.09. The van der Waals surface area contributed by atoms with E-state index in [1.807, 2.05) is 12.1 Å². The SMILES string of the molecule is CC(C)(C)c1ccc(O)c(C[N+](C)(C)[O-])c1. The molecule has 90 valence electrons. The minimum atomic E-state index is -0.429. The molecule has 3 heteroatoms. The van der Waals surface area contributed by atoms with Gasteiger partial charge in [0.25, 0.3) is 0 Å². The van der Waals surface area contributed by atoms with Crippen LogP contribution in [0.5, 0.6) is 5.75 Å². The van der Waals surface area contributed by atoms with Gasteiger partial charge in [0.2, 0.25) is 0 Å². The van der Waals surface area contributed by atoms with Crippen molar-refractivity contribution in [2.24, 2.45) is 0 Å². The predicted octanol–water partition coefficient (Wildman–Crippen LogP) is 2.76. The molecule has 0 aliphatic rings. The lowest BCUT2D eigenvalue weighted by molar-refractivity contribution is -0.853. The Kier molecular flexibility index (Phi) is 3.31. The minimum Gasteiger partial charge on any atom is -0.633 e. The highest BCUT2D eigenvalue weighted by atomic mass is 16.5. The molecule has 0 radical (unpaired) electrons. The molecule has 0 aliphatic carbocycles. The van der Waals surface area contributed by atoms with E-state index in [1.165, 1.54) is 0 Å².